The van der Waals surface area contributed by atoms with E-state index in [1.807, 2.05) is 277 Å². The van der Waals surface area contributed by atoms with E-state index < -0.39 is 61.2 Å². The van der Waals surface area contributed by atoms with Crippen molar-refractivity contribution in [2.45, 2.75) is 207 Å². The number of carbonyl (C=O) groups excluding carboxylic acids is 7. The van der Waals surface area contributed by atoms with Crippen molar-refractivity contribution in [3.05, 3.63) is 210 Å². The molecule has 5 aliphatic rings. The Balaban J connectivity index is 1.70. The predicted octanol–water partition coefficient (Wildman–Crippen LogP) is 18.7. The van der Waals surface area contributed by atoms with Gasteiger partial charge in [-0.25, -0.2) is 0 Å². The van der Waals surface area contributed by atoms with Gasteiger partial charge in [0.25, 0.3) is 0 Å². The summed E-state index contributed by atoms with van der Waals surface area (Å²) in [7, 11) is 0. The Kier molecular flexibility index (Phi) is 20.7. The lowest BCUT2D eigenvalue weighted by Crippen LogP contribution is -2.28. The van der Waals surface area contributed by atoms with E-state index in [9.17, 15) is 0 Å². The number of aromatic nitrogens is 4. The molecule has 0 atom stereocenters. The SMILES string of the molecule is CCOC(=O)Cn1c2ccc1C(=C1C=C(C(C)(C)C)C(=O)C(C(C)(C)C)=C1)c1ccc(n1CC(=O)OCC)C(=C1C=C(C(C)(C)C)C(=O)C(C(C)(C)C)=C1)c1ccc(n1CC(=O)OCC)C(=C1C=C(C(C)(C)C)C(=O)C(C(C)(C)C)=C1)c1ccc([nH]1)C2=C1C=C(C(C)(C)C)C(=O)C(C(C)(C)C)=C1. The summed E-state index contributed by atoms with van der Waals surface area (Å²) in [6.45, 7) is 53.1. The van der Waals surface area contributed by atoms with Crippen molar-refractivity contribution in [3.8, 4) is 0 Å². The van der Waals surface area contributed by atoms with Crippen molar-refractivity contribution in [1.82, 2.24) is 18.7 Å². The number of carbonyl (C=O) groups is 7. The molecular formula is C88H110N4O10. The summed E-state index contributed by atoms with van der Waals surface area (Å²) in [6.07, 6.45) is 15.7. The second-order valence-electron chi connectivity index (χ2n) is 35.9. The first kappa shape index (κ1) is 77.3. The maximum atomic E-state index is 15.3. The number of Topliss-reactive ketones (excluding diaryl/α,β-unsaturated/α-hetero) is 4. The number of hydrogen-bond donors (Lipinski definition) is 1. The molecule has 14 nitrogen and oxygen atoms in total. The minimum absolute atomic E-state index is 0.0540. The molecule has 102 heavy (non-hydrogen) atoms. The van der Waals surface area contributed by atoms with E-state index in [0.29, 0.717) is 135 Å². The Morgan fingerprint density at radius 1 is 0.284 bits per heavy atom. The van der Waals surface area contributed by atoms with Gasteiger partial charge < -0.3 is 32.9 Å². The smallest absolute Gasteiger partial charge is 0.325 e. The van der Waals surface area contributed by atoms with Gasteiger partial charge in [0.05, 0.1) is 54.0 Å². The summed E-state index contributed by atoms with van der Waals surface area (Å²) < 4.78 is 23.8. The number of allylic oxidation sites excluding steroid dienone is 20. The third-order valence-electron chi connectivity index (χ3n) is 19.5. The molecule has 0 spiro atoms. The molecule has 0 fully saturated rings. The first-order valence-corrected chi connectivity index (χ1v) is 36.1. The van der Waals surface area contributed by atoms with Gasteiger partial charge in [0, 0.05) is 78.3 Å². The number of nitrogens with one attached hydrogen (secondary N) is 1. The number of nitrogens with zero attached hydrogens (tertiary/aromatic N) is 3. The van der Waals surface area contributed by atoms with Crippen molar-refractivity contribution >= 4 is 63.3 Å². The molecule has 0 saturated heterocycles. The largest absolute Gasteiger partial charge is 0.465 e. The zero-order chi connectivity index (χ0) is 76.0. The van der Waals surface area contributed by atoms with E-state index in [4.69, 9.17) is 14.2 Å². The fourth-order valence-corrected chi connectivity index (χ4v) is 14.2. The van der Waals surface area contributed by atoms with Gasteiger partial charge in [0.2, 0.25) is 0 Å². The monoisotopic (exact) mass is 1380 g/mol. The van der Waals surface area contributed by atoms with Crippen LogP contribution in [0.1, 0.15) is 232 Å². The van der Waals surface area contributed by atoms with E-state index in [1.54, 1.807) is 20.8 Å². The molecule has 8 bridgehead atoms. The molecule has 14 heteroatoms. The minimum Gasteiger partial charge on any atom is -0.465 e. The molecule has 0 unspecified atom stereocenters. The van der Waals surface area contributed by atoms with Gasteiger partial charge in [-0.2, -0.15) is 0 Å². The van der Waals surface area contributed by atoms with E-state index in [1.165, 1.54) is 0 Å². The predicted molar refractivity (Wildman–Crippen MR) is 408 cm³/mol. The van der Waals surface area contributed by atoms with Crippen LogP contribution in [-0.4, -0.2) is 79.5 Å². The molecule has 4 aromatic rings. The molecule has 542 valence electrons. The van der Waals surface area contributed by atoms with Gasteiger partial charge in [-0.3, -0.25) is 33.6 Å². The van der Waals surface area contributed by atoms with Crippen LogP contribution in [0.2, 0.25) is 0 Å². The summed E-state index contributed by atoms with van der Waals surface area (Å²) in [6, 6.07) is 15.9. The standard InChI is InChI=1S/C88H110N4O10/c1-28-100-70(93)47-90-64-33-35-66(90)75(52-43-58(85(16,17)18)79(98)59(44-52)86(19,20)21)68-37-38-69(92(68)49-72(95)102-30-3)76(53-45-60(87(22,23)24)80(99)61(46-53)88(25,26)27)67-36-34-65(91(67)48-71(94)101-29-2)74(51-41-56(83(10,11)12)78(97)57(42-51)84(13,14)15)63-32-31-62(89-63)73(64)50-39-54(81(4,5)6)77(96)55(40-50)82(7,8)9/h31-46,89H,28-30,47-49H2,1-27H3. The van der Waals surface area contributed by atoms with Crippen molar-refractivity contribution in [2.24, 2.45) is 43.3 Å². The lowest BCUT2D eigenvalue weighted by Gasteiger charge is -2.33. The molecule has 4 aliphatic carbocycles. The summed E-state index contributed by atoms with van der Waals surface area (Å²) in [5, 5.41) is 0. The molecule has 5 heterocycles. The number of aromatic amines is 1. The van der Waals surface area contributed by atoms with Crippen LogP contribution in [0.4, 0.5) is 0 Å². The fraction of sp³-hybridized carbons (Fsp3) is 0.466. The molecule has 1 N–H and O–H groups in total. The van der Waals surface area contributed by atoms with Crippen LogP contribution in [0, 0.1) is 43.3 Å². The van der Waals surface area contributed by atoms with Crippen LogP contribution in [0.5, 0.6) is 0 Å². The quantitative estimate of drug-likeness (QED) is 0.110. The summed E-state index contributed by atoms with van der Waals surface area (Å²) in [4.78, 5) is 110. The number of esters is 3. The zero-order valence-electron chi connectivity index (χ0n) is 65.9. The Labute approximate surface area is 606 Å². The Morgan fingerprint density at radius 2 is 0.451 bits per heavy atom. The third kappa shape index (κ3) is 15.3. The Morgan fingerprint density at radius 3 is 0.618 bits per heavy atom. The topological polar surface area (TPSA) is 178 Å². The minimum atomic E-state index is -0.695. The Hall–Kier alpha value is -8.91. The van der Waals surface area contributed by atoms with E-state index in [2.05, 4.69) is 4.98 Å². The maximum absolute atomic E-state index is 15.3. The fourth-order valence-electron chi connectivity index (χ4n) is 14.2. The van der Waals surface area contributed by atoms with Crippen molar-refractivity contribution < 1.29 is 47.8 Å². The lowest BCUT2D eigenvalue weighted by atomic mass is 9.71. The van der Waals surface area contributed by atoms with Crippen molar-refractivity contribution in [1.29, 1.82) is 0 Å². The lowest BCUT2D eigenvalue weighted by molar-refractivity contribution is -0.144. The molecular weight excluding hydrogens is 1270 g/mol. The van der Waals surface area contributed by atoms with Crippen LogP contribution >= 0.6 is 0 Å². The van der Waals surface area contributed by atoms with Crippen LogP contribution in [0.3, 0.4) is 0 Å². The van der Waals surface area contributed by atoms with Gasteiger partial charge in [-0.05, 0) is 184 Å². The van der Waals surface area contributed by atoms with E-state index in [-0.39, 0.29) is 62.6 Å². The summed E-state index contributed by atoms with van der Waals surface area (Å²) in [5.74, 6) is -2.02. The highest BCUT2D eigenvalue weighted by molar-refractivity contribution is 6.16. The summed E-state index contributed by atoms with van der Waals surface area (Å²) >= 11 is 0. The van der Waals surface area contributed by atoms with Gasteiger partial charge >= 0.3 is 17.9 Å². The van der Waals surface area contributed by atoms with Crippen LogP contribution < -0.4 is 0 Å². The van der Waals surface area contributed by atoms with Crippen molar-refractivity contribution in [3.63, 3.8) is 0 Å². The van der Waals surface area contributed by atoms with Gasteiger partial charge in [-0.15, -0.1) is 0 Å². The number of ether oxygens (including phenoxy) is 3. The molecule has 1 aliphatic heterocycles. The molecule has 0 radical (unpaired) electrons. The number of rotatable bonds is 9. The van der Waals surface area contributed by atoms with Crippen LogP contribution in [0.25, 0.3) is 22.3 Å². The van der Waals surface area contributed by atoms with Gasteiger partial charge in [0.1, 0.15) is 19.6 Å². The Bertz CT molecular complexity index is 4200. The van der Waals surface area contributed by atoms with E-state index in [0.717, 1.165) is 0 Å². The second-order valence-corrected chi connectivity index (χ2v) is 35.9. The average Bonchev–Trinajstić information content (AvgIpc) is 1.53. The third-order valence-corrected chi connectivity index (χ3v) is 19.5. The van der Waals surface area contributed by atoms with Crippen LogP contribution in [0.15, 0.2) is 164 Å². The first-order chi connectivity index (χ1) is 46.9. The zero-order valence-corrected chi connectivity index (χ0v) is 65.9. The molecule has 4 aromatic heterocycles. The highest BCUT2D eigenvalue weighted by atomic mass is 16.5. The van der Waals surface area contributed by atoms with Gasteiger partial charge in [-0.1, -0.05) is 166 Å². The van der Waals surface area contributed by atoms with E-state index >= 15 is 33.6 Å². The molecule has 0 aromatic carbocycles. The number of H-pyrrole nitrogens is 1. The molecule has 0 amide bonds. The number of ketones is 4. The number of fused-ring (bicyclic) bond motifs is 8. The van der Waals surface area contributed by atoms with Crippen molar-refractivity contribution in [2.75, 3.05) is 19.8 Å². The summed E-state index contributed by atoms with van der Waals surface area (Å²) in [5.41, 5.74) is 8.30. The molecule has 9 rings (SSSR count). The van der Waals surface area contributed by atoms with Gasteiger partial charge in [0.15, 0.2) is 23.1 Å². The highest BCUT2D eigenvalue weighted by Crippen LogP contribution is 2.50. The molecule has 0 saturated carbocycles. The normalized spacial score (nSPS) is 17.1. The number of hydrogen-bond acceptors (Lipinski definition) is 10. The second kappa shape index (κ2) is 27.4. The highest BCUT2D eigenvalue weighted by Gasteiger charge is 2.42. The maximum Gasteiger partial charge on any atom is 0.325 e. The van der Waals surface area contributed by atoms with Crippen LogP contribution in [-0.2, 0) is 67.4 Å². The first-order valence-electron chi connectivity index (χ1n) is 36.1. The average molecular weight is 1380 g/mol.